The largest absolute Gasteiger partial charge is 0.465 e. The number of carbonyl (C=O) groups is 1. The number of esters is 1. The van der Waals surface area contributed by atoms with E-state index in [1.807, 2.05) is 20.8 Å². The Labute approximate surface area is 144 Å². The van der Waals surface area contributed by atoms with E-state index in [1.54, 1.807) is 25.1 Å². The fourth-order valence-corrected chi connectivity index (χ4v) is 2.91. The van der Waals surface area contributed by atoms with Crippen LogP contribution in [0.1, 0.15) is 33.3 Å². The van der Waals surface area contributed by atoms with Gasteiger partial charge in [-0.3, -0.25) is 4.79 Å². The third kappa shape index (κ3) is 5.88. The lowest BCUT2D eigenvalue weighted by Gasteiger charge is -2.23. The molecule has 0 aliphatic carbocycles. The first-order valence-corrected chi connectivity index (χ1v) is 8.84. The van der Waals surface area contributed by atoms with Crippen molar-refractivity contribution in [3.05, 3.63) is 33.8 Å². The number of rotatable bonds is 6. The van der Waals surface area contributed by atoms with Crippen LogP contribution in [0.4, 0.5) is 0 Å². The third-order valence-electron chi connectivity index (χ3n) is 2.82. The Morgan fingerprint density at radius 2 is 2.00 bits per heavy atom. The van der Waals surface area contributed by atoms with Crippen LogP contribution in [0.25, 0.3) is 0 Å². The lowest BCUT2D eigenvalue weighted by molar-refractivity contribution is -0.145. The molecule has 1 unspecified atom stereocenters. The lowest BCUT2D eigenvalue weighted by Crippen LogP contribution is -2.45. The summed E-state index contributed by atoms with van der Waals surface area (Å²) in [6.07, 6.45) is 0.274. The SMILES string of the molecule is CCOC(=O)[C@@H](Cc1ccc(Cl)cc1Cl)NS(=O)C(C)(C)C. The van der Waals surface area contributed by atoms with Crippen molar-refractivity contribution in [3.63, 3.8) is 0 Å². The van der Waals surface area contributed by atoms with Crippen molar-refractivity contribution in [3.8, 4) is 0 Å². The number of nitrogens with one attached hydrogen (secondary N) is 1. The molecule has 1 rings (SSSR count). The molecule has 0 bridgehead atoms. The van der Waals surface area contributed by atoms with Gasteiger partial charge in [-0.1, -0.05) is 29.3 Å². The van der Waals surface area contributed by atoms with Gasteiger partial charge in [0.15, 0.2) is 0 Å². The Bertz CT molecular complexity index is 558. The summed E-state index contributed by atoms with van der Waals surface area (Å²) in [4.78, 5) is 12.1. The van der Waals surface area contributed by atoms with E-state index in [2.05, 4.69) is 4.72 Å². The number of halogens is 2. The van der Waals surface area contributed by atoms with Crippen molar-refractivity contribution in [1.29, 1.82) is 0 Å². The maximum Gasteiger partial charge on any atom is 0.324 e. The number of hydrogen-bond acceptors (Lipinski definition) is 3. The highest BCUT2D eigenvalue weighted by Crippen LogP contribution is 2.23. The summed E-state index contributed by atoms with van der Waals surface area (Å²) in [7, 11) is -1.40. The number of hydrogen-bond donors (Lipinski definition) is 1. The molecule has 22 heavy (non-hydrogen) atoms. The van der Waals surface area contributed by atoms with Crippen molar-refractivity contribution in [1.82, 2.24) is 4.72 Å². The standard InChI is InChI=1S/C15H21Cl2NO3S/c1-5-21-14(19)13(18-22(20)15(2,3)4)8-10-6-7-11(16)9-12(10)17/h6-7,9,13,18H,5,8H2,1-4H3/t13-,22?/m1/s1. The van der Waals surface area contributed by atoms with Crippen LogP contribution in [0.15, 0.2) is 18.2 Å². The van der Waals surface area contributed by atoms with E-state index in [4.69, 9.17) is 27.9 Å². The molecular formula is C15H21Cl2NO3S. The minimum Gasteiger partial charge on any atom is -0.465 e. The molecule has 0 aliphatic rings. The molecule has 1 N–H and O–H groups in total. The molecule has 4 nitrogen and oxygen atoms in total. The molecule has 0 spiro atoms. The van der Waals surface area contributed by atoms with Crippen LogP contribution in [-0.2, 0) is 26.9 Å². The summed E-state index contributed by atoms with van der Waals surface area (Å²) in [6, 6.07) is 4.32. The molecule has 0 radical (unpaired) electrons. The van der Waals surface area contributed by atoms with Crippen molar-refractivity contribution < 1.29 is 13.7 Å². The molecule has 0 amide bonds. The van der Waals surface area contributed by atoms with Gasteiger partial charge in [-0.25, -0.2) is 8.93 Å². The molecule has 0 aromatic heterocycles. The van der Waals surface area contributed by atoms with E-state index in [-0.39, 0.29) is 13.0 Å². The zero-order chi connectivity index (χ0) is 16.9. The van der Waals surface area contributed by atoms with Crippen LogP contribution in [0.2, 0.25) is 10.0 Å². The van der Waals surface area contributed by atoms with Gasteiger partial charge in [0.1, 0.15) is 6.04 Å². The summed E-state index contributed by atoms with van der Waals surface area (Å²) in [5.41, 5.74) is 0.738. The zero-order valence-electron chi connectivity index (χ0n) is 13.1. The van der Waals surface area contributed by atoms with Crippen LogP contribution in [0, 0.1) is 0 Å². The van der Waals surface area contributed by atoms with Crippen molar-refractivity contribution in [2.75, 3.05) is 6.61 Å². The van der Waals surface area contributed by atoms with Gasteiger partial charge in [0.2, 0.25) is 0 Å². The van der Waals surface area contributed by atoms with Crippen LogP contribution >= 0.6 is 23.2 Å². The summed E-state index contributed by atoms with van der Waals surface area (Å²) >= 11 is 12.0. The molecule has 7 heteroatoms. The zero-order valence-corrected chi connectivity index (χ0v) is 15.4. The highest BCUT2D eigenvalue weighted by Gasteiger charge is 2.28. The molecule has 1 aromatic rings. The van der Waals surface area contributed by atoms with Gasteiger partial charge in [-0.05, 0) is 45.4 Å². The Morgan fingerprint density at radius 1 is 1.36 bits per heavy atom. The molecule has 124 valence electrons. The molecule has 0 heterocycles. The summed E-state index contributed by atoms with van der Waals surface area (Å²) in [5.74, 6) is -0.453. The average Bonchev–Trinajstić information content (AvgIpc) is 2.39. The number of ether oxygens (including phenoxy) is 1. The maximum absolute atomic E-state index is 12.3. The van der Waals surface area contributed by atoms with E-state index in [1.165, 1.54) is 0 Å². The minimum absolute atomic E-state index is 0.257. The van der Waals surface area contributed by atoms with Crippen LogP contribution in [-0.4, -0.2) is 27.6 Å². The van der Waals surface area contributed by atoms with Crippen molar-refractivity contribution in [2.24, 2.45) is 0 Å². The fourth-order valence-electron chi connectivity index (χ4n) is 1.63. The van der Waals surface area contributed by atoms with Gasteiger partial charge in [-0.2, -0.15) is 0 Å². The first-order chi connectivity index (χ1) is 10.1. The number of benzene rings is 1. The minimum atomic E-state index is -1.40. The monoisotopic (exact) mass is 365 g/mol. The van der Waals surface area contributed by atoms with E-state index in [0.717, 1.165) is 5.56 Å². The Kier molecular flexibility index (Phi) is 7.32. The van der Waals surface area contributed by atoms with Gasteiger partial charge in [0.25, 0.3) is 0 Å². The maximum atomic E-state index is 12.3. The van der Waals surface area contributed by atoms with Crippen LogP contribution < -0.4 is 4.72 Å². The van der Waals surface area contributed by atoms with E-state index in [9.17, 15) is 9.00 Å². The quantitative estimate of drug-likeness (QED) is 0.784. The van der Waals surface area contributed by atoms with E-state index in [0.29, 0.717) is 10.0 Å². The summed E-state index contributed by atoms with van der Waals surface area (Å²) < 4.78 is 19.6. The molecule has 0 saturated heterocycles. The average molecular weight is 366 g/mol. The second kappa shape index (κ2) is 8.29. The normalized spacial score (nSPS) is 14.5. The first-order valence-electron chi connectivity index (χ1n) is 6.93. The first kappa shape index (κ1) is 19.4. The fraction of sp³-hybridized carbons (Fsp3) is 0.533. The molecule has 2 atom stereocenters. The van der Waals surface area contributed by atoms with Crippen molar-refractivity contribution >= 4 is 40.2 Å². The molecule has 0 aliphatic heterocycles. The van der Waals surface area contributed by atoms with Crippen molar-refractivity contribution in [2.45, 2.75) is 44.9 Å². The predicted molar refractivity (Wildman–Crippen MR) is 91.6 cm³/mol. The van der Waals surface area contributed by atoms with Crippen LogP contribution in [0.3, 0.4) is 0 Å². The van der Waals surface area contributed by atoms with E-state index < -0.39 is 27.7 Å². The summed E-state index contributed by atoms with van der Waals surface area (Å²) in [6.45, 7) is 7.47. The molecule has 1 aromatic carbocycles. The topological polar surface area (TPSA) is 55.4 Å². The second-order valence-corrected chi connectivity index (χ2v) is 8.58. The Morgan fingerprint density at radius 3 is 2.50 bits per heavy atom. The van der Waals surface area contributed by atoms with Gasteiger partial charge in [0, 0.05) is 16.5 Å². The highest BCUT2D eigenvalue weighted by atomic mass is 35.5. The third-order valence-corrected chi connectivity index (χ3v) is 5.01. The molecule has 0 saturated carbocycles. The molecule has 0 fully saturated rings. The smallest absolute Gasteiger partial charge is 0.324 e. The lowest BCUT2D eigenvalue weighted by atomic mass is 10.1. The van der Waals surface area contributed by atoms with Gasteiger partial charge < -0.3 is 4.74 Å². The Hall–Kier alpha value is -0.620. The Balaban J connectivity index is 2.95. The van der Waals surface area contributed by atoms with Crippen LogP contribution in [0.5, 0.6) is 0 Å². The number of carbonyl (C=O) groups excluding carboxylic acids is 1. The van der Waals surface area contributed by atoms with Gasteiger partial charge in [0.05, 0.1) is 22.3 Å². The van der Waals surface area contributed by atoms with Gasteiger partial charge in [-0.15, -0.1) is 0 Å². The summed E-state index contributed by atoms with van der Waals surface area (Å²) in [5, 5.41) is 0.984. The highest BCUT2D eigenvalue weighted by molar-refractivity contribution is 7.84. The second-order valence-electron chi connectivity index (χ2n) is 5.74. The predicted octanol–water partition coefficient (Wildman–Crippen LogP) is 3.52. The molecular weight excluding hydrogens is 345 g/mol. The van der Waals surface area contributed by atoms with Gasteiger partial charge >= 0.3 is 5.97 Å². The van der Waals surface area contributed by atoms with E-state index >= 15 is 0 Å².